The number of fused-ring (bicyclic) bond motifs is 1. The minimum atomic E-state index is -0.250. The number of hydrogen-bond acceptors (Lipinski definition) is 3. The predicted octanol–water partition coefficient (Wildman–Crippen LogP) is 3.28. The summed E-state index contributed by atoms with van der Waals surface area (Å²) in [6, 6.07) is 5.33. The highest BCUT2D eigenvalue weighted by atomic mass is 35.5. The summed E-state index contributed by atoms with van der Waals surface area (Å²) >= 11 is 7.22. The molecule has 0 bridgehead atoms. The van der Waals surface area contributed by atoms with E-state index in [4.69, 9.17) is 11.6 Å². The molecule has 1 aromatic rings. The number of benzene rings is 1. The van der Waals surface area contributed by atoms with Crippen molar-refractivity contribution in [2.75, 3.05) is 18.4 Å². The Bertz CT molecular complexity index is 624. The van der Waals surface area contributed by atoms with Crippen LogP contribution in [0.3, 0.4) is 0 Å². The van der Waals surface area contributed by atoms with Gasteiger partial charge in [-0.25, -0.2) is 0 Å². The number of thioether (sulfide) groups is 1. The van der Waals surface area contributed by atoms with Crippen LogP contribution in [-0.2, 0) is 9.59 Å². The van der Waals surface area contributed by atoms with Gasteiger partial charge in [0.2, 0.25) is 5.91 Å². The van der Waals surface area contributed by atoms with E-state index in [-0.39, 0.29) is 11.8 Å². The number of piperidine rings is 1. The zero-order valence-electron chi connectivity index (χ0n) is 11.4. The smallest absolute Gasteiger partial charge is 0.262 e. The average Bonchev–Trinajstić information content (AvgIpc) is 2.49. The Labute approximate surface area is 132 Å². The van der Waals surface area contributed by atoms with Gasteiger partial charge in [-0.05, 0) is 37.5 Å². The standard InChI is InChI=1S/C15H15ClN2O2S/c16-10-4-5-12-11(8-10)17-15(20)13(21-12)9-14(19)18-6-2-1-3-7-18/h4-5,8-9H,1-3,6-7H2,(H,17,20). The molecule has 0 aromatic heterocycles. The van der Waals surface area contributed by atoms with E-state index < -0.39 is 0 Å². The summed E-state index contributed by atoms with van der Waals surface area (Å²) in [7, 11) is 0. The number of nitrogens with zero attached hydrogens (tertiary/aromatic N) is 1. The average molecular weight is 323 g/mol. The molecule has 1 aromatic carbocycles. The molecule has 0 radical (unpaired) electrons. The lowest BCUT2D eigenvalue weighted by Crippen LogP contribution is -2.35. The monoisotopic (exact) mass is 322 g/mol. The molecule has 3 rings (SSSR count). The van der Waals surface area contributed by atoms with Crippen molar-refractivity contribution in [1.82, 2.24) is 4.90 Å². The Balaban J connectivity index is 1.79. The van der Waals surface area contributed by atoms with Crippen LogP contribution in [0.4, 0.5) is 5.69 Å². The molecule has 0 atom stereocenters. The minimum Gasteiger partial charge on any atom is -0.339 e. The van der Waals surface area contributed by atoms with Crippen LogP contribution in [0.1, 0.15) is 19.3 Å². The summed E-state index contributed by atoms with van der Waals surface area (Å²) in [5.74, 6) is -0.329. The van der Waals surface area contributed by atoms with E-state index in [9.17, 15) is 9.59 Å². The fourth-order valence-corrected chi connectivity index (χ4v) is 3.52. The third kappa shape index (κ3) is 3.24. The van der Waals surface area contributed by atoms with Crippen molar-refractivity contribution in [2.45, 2.75) is 24.2 Å². The molecule has 1 fully saturated rings. The van der Waals surface area contributed by atoms with Gasteiger partial charge in [0, 0.05) is 29.1 Å². The van der Waals surface area contributed by atoms with Crippen molar-refractivity contribution < 1.29 is 9.59 Å². The predicted molar refractivity (Wildman–Crippen MR) is 84.5 cm³/mol. The summed E-state index contributed by atoms with van der Waals surface area (Å²) in [6.45, 7) is 1.56. The van der Waals surface area contributed by atoms with Crippen molar-refractivity contribution in [1.29, 1.82) is 0 Å². The second-order valence-corrected chi connectivity index (χ2v) is 6.61. The Morgan fingerprint density at radius 3 is 2.81 bits per heavy atom. The first-order chi connectivity index (χ1) is 10.1. The van der Waals surface area contributed by atoms with E-state index in [0.717, 1.165) is 30.8 Å². The number of amides is 2. The van der Waals surface area contributed by atoms with Gasteiger partial charge < -0.3 is 10.2 Å². The maximum absolute atomic E-state index is 12.2. The van der Waals surface area contributed by atoms with E-state index in [1.54, 1.807) is 12.1 Å². The third-order valence-corrected chi connectivity index (χ3v) is 4.89. The molecule has 0 unspecified atom stereocenters. The van der Waals surface area contributed by atoms with Crippen LogP contribution in [0.15, 0.2) is 34.1 Å². The largest absolute Gasteiger partial charge is 0.339 e. The molecule has 2 aliphatic heterocycles. The molecule has 1 saturated heterocycles. The van der Waals surface area contributed by atoms with Gasteiger partial charge in [-0.3, -0.25) is 9.59 Å². The van der Waals surface area contributed by atoms with Gasteiger partial charge in [0.1, 0.15) is 0 Å². The van der Waals surface area contributed by atoms with Gasteiger partial charge in [0.05, 0.1) is 10.6 Å². The van der Waals surface area contributed by atoms with Crippen LogP contribution in [0, 0.1) is 0 Å². The number of carbonyl (C=O) groups is 2. The Kier molecular flexibility index (Phi) is 4.22. The van der Waals surface area contributed by atoms with Gasteiger partial charge in [-0.1, -0.05) is 23.4 Å². The molecule has 4 nitrogen and oxygen atoms in total. The van der Waals surface area contributed by atoms with Gasteiger partial charge in [0.15, 0.2) is 0 Å². The zero-order valence-corrected chi connectivity index (χ0v) is 13.0. The van der Waals surface area contributed by atoms with E-state index in [1.165, 1.54) is 24.3 Å². The first kappa shape index (κ1) is 14.5. The maximum Gasteiger partial charge on any atom is 0.262 e. The molecule has 6 heteroatoms. The zero-order chi connectivity index (χ0) is 14.8. The molecule has 2 aliphatic rings. The molecule has 1 N–H and O–H groups in total. The van der Waals surface area contributed by atoms with Crippen LogP contribution in [-0.4, -0.2) is 29.8 Å². The second kappa shape index (κ2) is 6.12. The van der Waals surface area contributed by atoms with Crippen molar-refractivity contribution in [3.8, 4) is 0 Å². The highest BCUT2D eigenvalue weighted by Gasteiger charge is 2.23. The van der Waals surface area contributed by atoms with Crippen LogP contribution >= 0.6 is 23.4 Å². The highest BCUT2D eigenvalue weighted by molar-refractivity contribution is 8.04. The fraction of sp³-hybridized carbons (Fsp3) is 0.333. The number of carbonyl (C=O) groups excluding carboxylic acids is 2. The molecule has 2 heterocycles. The number of nitrogens with one attached hydrogen (secondary N) is 1. The Hall–Kier alpha value is -1.46. The lowest BCUT2D eigenvalue weighted by atomic mass is 10.1. The van der Waals surface area contributed by atoms with Gasteiger partial charge >= 0.3 is 0 Å². The number of anilines is 1. The van der Waals surface area contributed by atoms with Crippen molar-refractivity contribution in [3.05, 3.63) is 34.2 Å². The quantitative estimate of drug-likeness (QED) is 0.807. The van der Waals surface area contributed by atoms with E-state index in [2.05, 4.69) is 5.32 Å². The van der Waals surface area contributed by atoms with E-state index in [0.29, 0.717) is 15.6 Å². The summed E-state index contributed by atoms with van der Waals surface area (Å²) < 4.78 is 0. The van der Waals surface area contributed by atoms with Crippen LogP contribution in [0.5, 0.6) is 0 Å². The summed E-state index contributed by atoms with van der Waals surface area (Å²) in [5.41, 5.74) is 0.695. The van der Waals surface area contributed by atoms with Crippen LogP contribution < -0.4 is 5.32 Å². The van der Waals surface area contributed by atoms with Crippen LogP contribution in [0.2, 0.25) is 5.02 Å². The Morgan fingerprint density at radius 1 is 1.29 bits per heavy atom. The third-order valence-electron chi connectivity index (χ3n) is 3.56. The second-order valence-electron chi connectivity index (χ2n) is 5.09. The molecular weight excluding hydrogens is 308 g/mol. The number of hydrogen-bond donors (Lipinski definition) is 1. The summed E-state index contributed by atoms with van der Waals surface area (Å²) in [6.07, 6.45) is 4.69. The fourth-order valence-electron chi connectivity index (χ4n) is 2.45. The Morgan fingerprint density at radius 2 is 2.05 bits per heavy atom. The minimum absolute atomic E-state index is 0.0789. The molecule has 0 aliphatic carbocycles. The first-order valence-corrected chi connectivity index (χ1v) is 8.12. The highest BCUT2D eigenvalue weighted by Crippen LogP contribution is 2.39. The van der Waals surface area contributed by atoms with Gasteiger partial charge in [-0.15, -0.1) is 0 Å². The topological polar surface area (TPSA) is 49.4 Å². The molecular formula is C15H15ClN2O2S. The summed E-state index contributed by atoms with van der Waals surface area (Å²) in [5, 5.41) is 3.35. The molecule has 0 spiro atoms. The lowest BCUT2D eigenvalue weighted by Gasteiger charge is -2.26. The van der Waals surface area contributed by atoms with Crippen molar-refractivity contribution >= 4 is 40.9 Å². The number of likely N-dealkylation sites (tertiary alicyclic amines) is 1. The first-order valence-electron chi connectivity index (χ1n) is 6.93. The normalized spacial score (nSPS) is 20.1. The van der Waals surface area contributed by atoms with E-state index >= 15 is 0 Å². The maximum atomic E-state index is 12.2. The van der Waals surface area contributed by atoms with E-state index in [1.807, 2.05) is 11.0 Å². The molecule has 0 saturated carbocycles. The molecule has 21 heavy (non-hydrogen) atoms. The molecule has 2 amide bonds. The van der Waals surface area contributed by atoms with Gasteiger partial charge in [-0.2, -0.15) is 0 Å². The number of halogens is 1. The molecule has 110 valence electrons. The lowest BCUT2D eigenvalue weighted by molar-refractivity contribution is -0.127. The summed E-state index contributed by atoms with van der Waals surface area (Å²) in [4.78, 5) is 27.4. The van der Waals surface area contributed by atoms with Gasteiger partial charge in [0.25, 0.3) is 5.91 Å². The van der Waals surface area contributed by atoms with Crippen molar-refractivity contribution in [2.24, 2.45) is 0 Å². The van der Waals surface area contributed by atoms with Crippen molar-refractivity contribution in [3.63, 3.8) is 0 Å². The van der Waals surface area contributed by atoms with Crippen LogP contribution in [0.25, 0.3) is 0 Å². The SMILES string of the molecule is O=C1Nc2cc(Cl)ccc2SC1=CC(=O)N1CCCCC1. The number of rotatable bonds is 1.